The summed E-state index contributed by atoms with van der Waals surface area (Å²) in [6.07, 6.45) is 2.20. The molecule has 27 heavy (non-hydrogen) atoms. The standard InChI is InChI=1S/C20H27N3O4/c1-16(24)17-5-4-6-18(13-17)27-15-20(26)23-11-9-21(10-12-23)14-19(25)22-7-2-3-8-22/h4-6,13H,2-3,7-12,14-15H2,1H3. The average Bonchev–Trinajstić information content (AvgIpc) is 3.22. The van der Waals surface area contributed by atoms with E-state index in [1.807, 2.05) is 4.90 Å². The summed E-state index contributed by atoms with van der Waals surface area (Å²) in [7, 11) is 0. The van der Waals surface area contributed by atoms with Crippen molar-refractivity contribution < 1.29 is 19.1 Å². The third kappa shape index (κ3) is 5.29. The van der Waals surface area contributed by atoms with Gasteiger partial charge in [-0.3, -0.25) is 19.3 Å². The Morgan fingerprint density at radius 1 is 0.926 bits per heavy atom. The molecule has 0 aromatic heterocycles. The van der Waals surface area contributed by atoms with Crippen LogP contribution in [0, 0.1) is 0 Å². The van der Waals surface area contributed by atoms with Crippen LogP contribution in [0.2, 0.25) is 0 Å². The highest BCUT2D eigenvalue weighted by molar-refractivity contribution is 5.94. The lowest BCUT2D eigenvalue weighted by Gasteiger charge is -2.35. The quantitative estimate of drug-likeness (QED) is 0.697. The maximum absolute atomic E-state index is 12.4. The second kappa shape index (κ2) is 8.99. The number of ether oxygens (including phenoxy) is 1. The molecular formula is C20H27N3O4. The van der Waals surface area contributed by atoms with Crippen molar-refractivity contribution in [2.75, 3.05) is 52.4 Å². The highest BCUT2D eigenvalue weighted by Crippen LogP contribution is 2.14. The largest absolute Gasteiger partial charge is 0.484 e. The van der Waals surface area contributed by atoms with E-state index in [1.54, 1.807) is 29.2 Å². The topological polar surface area (TPSA) is 70.2 Å². The van der Waals surface area contributed by atoms with Crippen molar-refractivity contribution >= 4 is 17.6 Å². The Kier molecular flexibility index (Phi) is 6.45. The third-order valence-electron chi connectivity index (χ3n) is 5.15. The minimum absolute atomic E-state index is 0.0358. The molecule has 2 amide bonds. The maximum Gasteiger partial charge on any atom is 0.260 e. The van der Waals surface area contributed by atoms with Crippen LogP contribution in [0.15, 0.2) is 24.3 Å². The lowest BCUT2D eigenvalue weighted by molar-refractivity contribution is -0.136. The van der Waals surface area contributed by atoms with Gasteiger partial charge in [0.05, 0.1) is 6.54 Å². The fraction of sp³-hybridized carbons (Fsp3) is 0.550. The molecule has 2 aliphatic rings. The number of hydrogen-bond acceptors (Lipinski definition) is 5. The highest BCUT2D eigenvalue weighted by atomic mass is 16.5. The van der Waals surface area contributed by atoms with Crippen LogP contribution in [0.5, 0.6) is 5.75 Å². The third-order valence-corrected chi connectivity index (χ3v) is 5.15. The number of piperazine rings is 1. The normalized spacial score (nSPS) is 17.8. The second-order valence-electron chi connectivity index (χ2n) is 7.12. The van der Waals surface area contributed by atoms with E-state index in [-0.39, 0.29) is 24.2 Å². The zero-order valence-electron chi connectivity index (χ0n) is 15.9. The molecule has 0 atom stereocenters. The highest BCUT2D eigenvalue weighted by Gasteiger charge is 2.25. The first kappa shape index (κ1) is 19.4. The zero-order valence-corrected chi connectivity index (χ0v) is 15.9. The van der Waals surface area contributed by atoms with Crippen molar-refractivity contribution in [3.05, 3.63) is 29.8 Å². The molecule has 2 saturated heterocycles. The first-order chi connectivity index (χ1) is 13.0. The molecule has 0 N–H and O–H groups in total. The lowest BCUT2D eigenvalue weighted by Crippen LogP contribution is -2.52. The number of likely N-dealkylation sites (tertiary alicyclic amines) is 1. The molecule has 7 nitrogen and oxygen atoms in total. The number of Topliss-reactive ketones (excluding diaryl/α,β-unsaturated/α-hetero) is 1. The summed E-state index contributed by atoms with van der Waals surface area (Å²) >= 11 is 0. The van der Waals surface area contributed by atoms with Gasteiger partial charge in [0.25, 0.3) is 5.91 Å². The molecule has 0 radical (unpaired) electrons. The molecule has 146 valence electrons. The Morgan fingerprint density at radius 3 is 2.26 bits per heavy atom. The lowest BCUT2D eigenvalue weighted by atomic mass is 10.1. The summed E-state index contributed by atoms with van der Waals surface area (Å²) in [6.45, 7) is 6.24. The van der Waals surface area contributed by atoms with Crippen LogP contribution in [0.3, 0.4) is 0 Å². The van der Waals surface area contributed by atoms with E-state index in [2.05, 4.69) is 4.90 Å². The van der Waals surface area contributed by atoms with Crippen molar-refractivity contribution in [2.45, 2.75) is 19.8 Å². The summed E-state index contributed by atoms with van der Waals surface area (Å²) in [5.74, 6) is 0.604. The first-order valence-electron chi connectivity index (χ1n) is 9.54. The van der Waals surface area contributed by atoms with Crippen LogP contribution < -0.4 is 4.74 Å². The van der Waals surface area contributed by atoms with Crippen LogP contribution in [-0.2, 0) is 9.59 Å². The number of benzene rings is 1. The molecule has 1 aromatic rings. The number of rotatable bonds is 6. The predicted molar refractivity (Wildman–Crippen MR) is 101 cm³/mol. The Hall–Kier alpha value is -2.41. The van der Waals surface area contributed by atoms with E-state index in [0.29, 0.717) is 44.0 Å². The Bertz CT molecular complexity index is 692. The van der Waals surface area contributed by atoms with Crippen molar-refractivity contribution in [3.8, 4) is 5.75 Å². The summed E-state index contributed by atoms with van der Waals surface area (Å²) in [6, 6.07) is 6.85. The molecule has 0 bridgehead atoms. The van der Waals surface area contributed by atoms with Crippen molar-refractivity contribution in [2.24, 2.45) is 0 Å². The van der Waals surface area contributed by atoms with Gasteiger partial charge in [0.2, 0.25) is 5.91 Å². The van der Waals surface area contributed by atoms with E-state index < -0.39 is 0 Å². The molecule has 2 fully saturated rings. The molecular weight excluding hydrogens is 346 g/mol. The van der Waals surface area contributed by atoms with Crippen molar-refractivity contribution in [1.82, 2.24) is 14.7 Å². The van der Waals surface area contributed by atoms with Crippen LogP contribution in [0.4, 0.5) is 0 Å². The molecule has 0 unspecified atom stereocenters. The smallest absolute Gasteiger partial charge is 0.260 e. The number of ketones is 1. The Balaban J connectivity index is 1.41. The second-order valence-corrected chi connectivity index (χ2v) is 7.12. The van der Waals surface area contributed by atoms with E-state index in [0.717, 1.165) is 25.9 Å². The maximum atomic E-state index is 12.4. The van der Waals surface area contributed by atoms with Gasteiger partial charge < -0.3 is 14.5 Å². The molecule has 7 heteroatoms. The van der Waals surface area contributed by atoms with Gasteiger partial charge in [-0.2, -0.15) is 0 Å². The van der Waals surface area contributed by atoms with Gasteiger partial charge in [0.1, 0.15) is 5.75 Å². The van der Waals surface area contributed by atoms with Gasteiger partial charge in [-0.25, -0.2) is 0 Å². The summed E-state index contributed by atoms with van der Waals surface area (Å²) in [4.78, 5) is 41.8. The molecule has 0 spiro atoms. The summed E-state index contributed by atoms with van der Waals surface area (Å²) in [5.41, 5.74) is 0.566. The van der Waals surface area contributed by atoms with Gasteiger partial charge in [-0.05, 0) is 31.9 Å². The van der Waals surface area contributed by atoms with Gasteiger partial charge in [-0.15, -0.1) is 0 Å². The predicted octanol–water partition coefficient (Wildman–Crippen LogP) is 1.03. The van der Waals surface area contributed by atoms with Gasteiger partial charge in [0.15, 0.2) is 12.4 Å². The minimum atomic E-state index is -0.0752. The van der Waals surface area contributed by atoms with Crippen LogP contribution in [0.25, 0.3) is 0 Å². The molecule has 2 aliphatic heterocycles. The van der Waals surface area contributed by atoms with Gasteiger partial charge >= 0.3 is 0 Å². The summed E-state index contributed by atoms with van der Waals surface area (Å²) < 4.78 is 5.55. The monoisotopic (exact) mass is 373 g/mol. The number of carbonyl (C=O) groups is 3. The number of amides is 2. The minimum Gasteiger partial charge on any atom is -0.484 e. The van der Waals surface area contributed by atoms with Crippen molar-refractivity contribution in [3.63, 3.8) is 0 Å². The van der Waals surface area contributed by atoms with E-state index >= 15 is 0 Å². The van der Waals surface area contributed by atoms with Crippen LogP contribution >= 0.6 is 0 Å². The Labute approximate surface area is 159 Å². The fourth-order valence-corrected chi connectivity index (χ4v) is 3.45. The molecule has 2 heterocycles. The van der Waals surface area contributed by atoms with E-state index in [9.17, 15) is 14.4 Å². The SMILES string of the molecule is CC(=O)c1cccc(OCC(=O)N2CCN(CC(=O)N3CCCC3)CC2)c1. The summed E-state index contributed by atoms with van der Waals surface area (Å²) in [5, 5.41) is 0. The first-order valence-corrected chi connectivity index (χ1v) is 9.54. The molecule has 0 saturated carbocycles. The number of hydrogen-bond donors (Lipinski definition) is 0. The molecule has 1 aromatic carbocycles. The Morgan fingerprint density at radius 2 is 1.59 bits per heavy atom. The molecule has 3 rings (SSSR count). The van der Waals surface area contributed by atoms with E-state index in [4.69, 9.17) is 4.74 Å². The van der Waals surface area contributed by atoms with E-state index in [1.165, 1.54) is 6.92 Å². The zero-order chi connectivity index (χ0) is 19.2. The van der Waals surface area contributed by atoms with Gasteiger partial charge in [0, 0.05) is 44.8 Å². The average molecular weight is 373 g/mol. The van der Waals surface area contributed by atoms with Gasteiger partial charge in [-0.1, -0.05) is 12.1 Å². The number of nitrogens with zero attached hydrogens (tertiary/aromatic N) is 3. The van der Waals surface area contributed by atoms with Crippen molar-refractivity contribution in [1.29, 1.82) is 0 Å². The fourth-order valence-electron chi connectivity index (χ4n) is 3.45. The molecule has 0 aliphatic carbocycles. The van der Waals surface area contributed by atoms with Crippen LogP contribution in [0.1, 0.15) is 30.1 Å². The number of carbonyl (C=O) groups excluding carboxylic acids is 3. The van der Waals surface area contributed by atoms with Crippen LogP contribution in [-0.4, -0.2) is 84.7 Å².